The Morgan fingerprint density at radius 2 is 0.805 bits per heavy atom. The van der Waals surface area contributed by atoms with Crippen molar-refractivity contribution in [2.45, 2.75) is 457 Å². The van der Waals surface area contributed by atoms with E-state index in [1.54, 1.807) is 26.1 Å². The number of hydrogen-bond donors (Lipinski definition) is 0. The molecule has 0 atom stereocenters. The molecule has 0 radical (unpaired) electrons. The van der Waals surface area contributed by atoms with Gasteiger partial charge in [0.15, 0.2) is 0 Å². The number of ether oxygens (including phenoxy) is 5. The van der Waals surface area contributed by atoms with Gasteiger partial charge in [-0.05, 0) is 214 Å². The third-order valence-corrected chi connectivity index (χ3v) is 21.6. The van der Waals surface area contributed by atoms with Gasteiger partial charge in [-0.15, -0.1) is 0 Å². The number of carbonyl (C=O) groups excluding carboxylic acids is 3. The maximum absolute atomic E-state index is 11.0. The van der Waals surface area contributed by atoms with Crippen LogP contribution in [0, 0.1) is 100 Å². The fourth-order valence-corrected chi connectivity index (χ4v) is 9.58. The van der Waals surface area contributed by atoms with Gasteiger partial charge in [-0.3, -0.25) is 19.4 Å². The molecule has 0 saturated carbocycles. The molecular formula is C113H226N2O8. The Kier molecular flexibility index (Phi) is 108. The van der Waals surface area contributed by atoms with E-state index in [2.05, 4.69) is 374 Å². The summed E-state index contributed by atoms with van der Waals surface area (Å²) in [4.78, 5) is 37.8. The molecule has 123 heavy (non-hydrogen) atoms. The molecule has 10 heteroatoms. The molecule has 736 valence electrons. The first-order valence-corrected chi connectivity index (χ1v) is 49.7. The minimum Gasteiger partial charge on any atom is -0.469 e. The fourth-order valence-electron chi connectivity index (χ4n) is 9.58. The Morgan fingerprint density at radius 1 is 0.431 bits per heavy atom. The van der Waals surface area contributed by atoms with Crippen LogP contribution in [0.4, 0.5) is 0 Å². The van der Waals surface area contributed by atoms with Crippen molar-refractivity contribution < 1.29 is 38.1 Å². The van der Waals surface area contributed by atoms with Crippen molar-refractivity contribution in [1.29, 1.82) is 0 Å². The largest absolute Gasteiger partial charge is 0.469 e. The lowest BCUT2D eigenvalue weighted by atomic mass is 9.84. The van der Waals surface area contributed by atoms with Gasteiger partial charge in [0.05, 0.1) is 25.4 Å². The number of unbranched alkanes of at least 4 members (excludes halogenated alkanes) is 2. The van der Waals surface area contributed by atoms with Gasteiger partial charge in [-0.1, -0.05) is 401 Å². The lowest BCUT2D eigenvalue weighted by Crippen LogP contribution is -2.30. The normalized spacial score (nSPS) is 11.7. The van der Waals surface area contributed by atoms with E-state index in [9.17, 15) is 14.4 Å². The molecule has 1 saturated heterocycles. The summed E-state index contributed by atoms with van der Waals surface area (Å²) in [7, 11) is 8.19. The van der Waals surface area contributed by atoms with Crippen molar-refractivity contribution >= 4 is 17.8 Å². The van der Waals surface area contributed by atoms with Crippen molar-refractivity contribution in [3.63, 3.8) is 0 Å². The highest BCUT2D eigenvalue weighted by atomic mass is 16.5. The van der Waals surface area contributed by atoms with Crippen LogP contribution in [0.15, 0.2) is 85.2 Å². The Bertz CT molecular complexity index is 2480. The first kappa shape index (κ1) is 142. The summed E-state index contributed by atoms with van der Waals surface area (Å²) >= 11 is 0. The van der Waals surface area contributed by atoms with Gasteiger partial charge in [0.25, 0.3) is 0 Å². The molecule has 2 heterocycles. The summed E-state index contributed by atoms with van der Waals surface area (Å²) in [6.45, 7) is 102. The molecule has 1 amide bonds. The van der Waals surface area contributed by atoms with Crippen molar-refractivity contribution in [2.24, 2.45) is 100 Å². The van der Waals surface area contributed by atoms with Crippen LogP contribution >= 0.6 is 0 Å². The summed E-state index contributed by atoms with van der Waals surface area (Å²) in [6.07, 6.45) is 25.4. The number of amides is 1. The molecular weight excluding hydrogens is 1510 g/mol. The highest BCUT2D eigenvalue weighted by Crippen LogP contribution is 2.25. The average Bonchev–Trinajstić information content (AvgIpc) is 0.926. The Hall–Kier alpha value is -4.12. The molecule has 0 aliphatic carbocycles. The molecule has 0 N–H and O–H groups in total. The predicted octanol–water partition coefficient (Wildman–Crippen LogP) is 35.4. The molecule has 1 aliphatic heterocycles. The Morgan fingerprint density at radius 3 is 1.02 bits per heavy atom. The molecule has 0 unspecified atom stereocenters. The molecule has 4 rings (SSSR count). The highest BCUT2D eigenvalue weighted by Gasteiger charge is 2.22. The van der Waals surface area contributed by atoms with E-state index in [1.165, 1.54) is 102 Å². The summed E-state index contributed by atoms with van der Waals surface area (Å²) in [5.74, 6) is 14.0. The van der Waals surface area contributed by atoms with Crippen LogP contribution in [0.3, 0.4) is 0 Å². The number of esters is 2. The first-order chi connectivity index (χ1) is 56.6. The smallest absolute Gasteiger partial charge is 0.305 e. The SMILES string of the molecule is CC(C)C.CC(C)C(C)(C)C.CC(C)C(C)C.CC(C)CC1CCOCC1.CC(C)CCC(=O)N(C)C.CC(C)Cc1cccnc1.CC(C)c1ccccc1.CC(C)c1ccccc1.CCC(CC)C(C)C.CCCC(C)C.CCCCC(C)C.CCOC(C)(C)C(C)C.COC(=O)CCC(C)C.COC(=O)CCCCC(C)C.COC(C)(C)C(C)C. The molecule has 1 fully saturated rings. The number of carbonyl (C=O) groups is 3. The summed E-state index contributed by atoms with van der Waals surface area (Å²) in [5, 5.41) is 0. The number of rotatable bonds is 31. The zero-order chi connectivity index (χ0) is 98.6. The minimum absolute atomic E-state index is 0.0417. The summed E-state index contributed by atoms with van der Waals surface area (Å²) in [5.41, 5.74) is 4.75. The van der Waals surface area contributed by atoms with Crippen molar-refractivity contribution in [2.75, 3.05) is 55.2 Å². The number of pyridine rings is 1. The van der Waals surface area contributed by atoms with Gasteiger partial charge >= 0.3 is 11.9 Å². The van der Waals surface area contributed by atoms with Gasteiger partial charge in [0.2, 0.25) is 5.91 Å². The standard InChI is InChI=1S/C9H13N.C9H18O2.C9H18O.2C9H12.C8H17NO.C8H18O.C8H18.C7H14O2.C7H16O.2C7H16.2C6H14.C4H10/c1-8(2)6-9-4-3-5-10-7-9;1-8(2)6-4-5-7-9(10)11-3;1-8(2)7-9-3-5-10-6-4-9;2*1-8(2)9-6-4-3-5-7-9;1-7(2)5-6-8(10)9(3)4;1-6-9-8(4,5)7(2)3;1-5-8(6-2)7(3)4;1-6(2)4-5-7(8)9-3;1-6(2)7(3,4)8-5;1-6(2)7(3,4)5;1-4-5-6-7(2)3;1-5(2)6(3)4;1-4-5-6(2)3;1-4(2)3/h3-5,7-8H,6H2,1-2H3;8H,4-7H2,1-3H3;8-9H,3-7H2,1-2H3;2*3-8H,1-2H3;7H,5-6H2,1-4H3;7H,6H2,1-5H3;7-8H,5-6H2,1-4H3;6H,4-5H2,1-3H3;6H,1-5H3;6H,1-5H3;7H,4-6H2,1-3H3;5-6H,1-4H3;6H,4-5H2,1-3H3;4H,1-3H3. The molecule has 0 bridgehead atoms. The van der Waals surface area contributed by atoms with Crippen molar-refractivity contribution in [1.82, 2.24) is 9.88 Å². The van der Waals surface area contributed by atoms with Crippen molar-refractivity contribution in [3.8, 4) is 0 Å². The summed E-state index contributed by atoms with van der Waals surface area (Å²) in [6, 6.07) is 25.1. The highest BCUT2D eigenvalue weighted by molar-refractivity contribution is 5.75. The number of methoxy groups -OCH3 is 3. The average molecular weight is 1740 g/mol. The number of hydrogen-bond acceptors (Lipinski definition) is 9. The van der Waals surface area contributed by atoms with Crippen LogP contribution in [0.2, 0.25) is 0 Å². The quantitative estimate of drug-likeness (QED) is 0.0459. The van der Waals surface area contributed by atoms with Gasteiger partial charge < -0.3 is 28.6 Å². The molecule has 10 nitrogen and oxygen atoms in total. The van der Waals surface area contributed by atoms with Crippen LogP contribution in [0.1, 0.15) is 456 Å². The van der Waals surface area contributed by atoms with E-state index in [0.717, 1.165) is 123 Å². The van der Waals surface area contributed by atoms with E-state index in [4.69, 9.17) is 14.2 Å². The van der Waals surface area contributed by atoms with Crippen molar-refractivity contribution in [3.05, 3.63) is 102 Å². The lowest BCUT2D eigenvalue weighted by Gasteiger charge is -2.28. The van der Waals surface area contributed by atoms with E-state index in [0.29, 0.717) is 60.2 Å². The Labute approximate surface area is 775 Å². The zero-order valence-corrected chi connectivity index (χ0v) is 92.7. The molecule has 1 aliphatic rings. The predicted molar refractivity (Wildman–Crippen MR) is 555 cm³/mol. The molecule has 2 aromatic carbocycles. The molecule has 0 spiro atoms. The van der Waals surface area contributed by atoms with Gasteiger partial charge in [0.1, 0.15) is 0 Å². The van der Waals surface area contributed by atoms with Gasteiger partial charge in [-0.25, -0.2) is 0 Å². The van der Waals surface area contributed by atoms with Crippen LogP contribution in [0.5, 0.6) is 0 Å². The maximum Gasteiger partial charge on any atom is 0.305 e. The van der Waals surface area contributed by atoms with E-state index in [1.807, 2.05) is 37.5 Å². The minimum atomic E-state index is -0.108. The van der Waals surface area contributed by atoms with Crippen LogP contribution in [-0.4, -0.2) is 94.2 Å². The Balaban J connectivity index is -0.000000122. The second-order valence-electron chi connectivity index (χ2n) is 42.2. The third-order valence-electron chi connectivity index (χ3n) is 21.6. The molecule has 1 aromatic heterocycles. The molecule has 3 aromatic rings. The first-order valence-electron chi connectivity index (χ1n) is 49.7. The maximum atomic E-state index is 11.0. The second kappa shape index (κ2) is 94.0. The third kappa shape index (κ3) is 124. The number of aromatic nitrogens is 1. The van der Waals surface area contributed by atoms with E-state index in [-0.39, 0.29) is 29.0 Å². The zero-order valence-electron chi connectivity index (χ0n) is 92.7. The summed E-state index contributed by atoms with van der Waals surface area (Å²) < 4.78 is 25.0. The van der Waals surface area contributed by atoms with E-state index < -0.39 is 0 Å². The van der Waals surface area contributed by atoms with Gasteiger partial charge in [-0.2, -0.15) is 0 Å². The van der Waals surface area contributed by atoms with Crippen LogP contribution in [0.25, 0.3) is 0 Å². The number of nitrogens with zero attached hydrogens (tertiary/aromatic N) is 2. The topological polar surface area (TPSA) is 113 Å². The van der Waals surface area contributed by atoms with Gasteiger partial charge in [0, 0.05) is 72.7 Å². The second-order valence-corrected chi connectivity index (χ2v) is 42.2. The monoisotopic (exact) mass is 1740 g/mol. The van der Waals surface area contributed by atoms with Crippen LogP contribution in [-0.2, 0) is 44.5 Å². The van der Waals surface area contributed by atoms with Crippen LogP contribution < -0.4 is 0 Å². The van der Waals surface area contributed by atoms with E-state index >= 15 is 0 Å². The lowest BCUT2D eigenvalue weighted by molar-refractivity contribution is -0.141. The number of benzene rings is 2. The fraction of sp³-hybridized carbons (Fsp3) is 0.823.